The van der Waals surface area contributed by atoms with E-state index in [1.165, 1.54) is 18.2 Å². The molecule has 1 aliphatic heterocycles. The van der Waals surface area contributed by atoms with Gasteiger partial charge in [0.05, 0.1) is 17.5 Å². The lowest BCUT2D eigenvalue weighted by Crippen LogP contribution is -2.41. The monoisotopic (exact) mass is 355 g/mol. The largest absolute Gasteiger partial charge is 0.491 e. The summed E-state index contributed by atoms with van der Waals surface area (Å²) in [6.07, 6.45) is 0. The molecule has 0 saturated carbocycles. The number of imide groups is 1. The van der Waals surface area contributed by atoms with Gasteiger partial charge in [-0.2, -0.15) is 0 Å². The maximum absolute atomic E-state index is 12.7. The normalized spacial score (nSPS) is 19.3. The predicted octanol–water partition coefficient (Wildman–Crippen LogP) is 2.44. The third kappa shape index (κ3) is 3.21. The molecule has 0 radical (unpaired) electrons. The first-order valence-corrected chi connectivity index (χ1v) is 7.99. The lowest BCUT2D eigenvalue weighted by atomic mass is 9.92. The van der Waals surface area contributed by atoms with Gasteiger partial charge in [0, 0.05) is 6.07 Å². The highest BCUT2D eigenvalue weighted by molar-refractivity contribution is 6.07. The SMILES string of the molecule is C[C@]1(c2ccccc2)NC(=O)N(CCOc2cccc([N+](=O)[O-])c2)C1=O. The van der Waals surface area contributed by atoms with E-state index in [-0.39, 0.29) is 24.7 Å². The Balaban J connectivity index is 1.66. The second-order valence-electron chi connectivity index (χ2n) is 5.98. The Kier molecular flexibility index (Phi) is 4.57. The first kappa shape index (κ1) is 17.4. The summed E-state index contributed by atoms with van der Waals surface area (Å²) in [4.78, 5) is 36.3. The number of hydrogen-bond acceptors (Lipinski definition) is 5. The van der Waals surface area contributed by atoms with Crippen LogP contribution in [0.15, 0.2) is 54.6 Å². The first-order chi connectivity index (χ1) is 12.4. The highest BCUT2D eigenvalue weighted by Crippen LogP contribution is 2.28. The molecule has 1 aliphatic rings. The van der Waals surface area contributed by atoms with Crippen molar-refractivity contribution in [3.63, 3.8) is 0 Å². The van der Waals surface area contributed by atoms with Crippen LogP contribution in [0.25, 0.3) is 0 Å². The molecule has 1 N–H and O–H groups in total. The van der Waals surface area contributed by atoms with Crippen molar-refractivity contribution in [1.82, 2.24) is 10.2 Å². The molecule has 26 heavy (non-hydrogen) atoms. The summed E-state index contributed by atoms with van der Waals surface area (Å²) in [5, 5.41) is 13.5. The Hall–Kier alpha value is -3.42. The molecule has 1 fully saturated rings. The van der Waals surface area contributed by atoms with Crippen LogP contribution in [-0.2, 0) is 10.3 Å². The number of ether oxygens (including phenoxy) is 1. The topological polar surface area (TPSA) is 102 Å². The van der Waals surface area contributed by atoms with Crippen LogP contribution in [0.2, 0.25) is 0 Å². The van der Waals surface area contributed by atoms with Gasteiger partial charge >= 0.3 is 6.03 Å². The fraction of sp³-hybridized carbons (Fsp3) is 0.222. The van der Waals surface area contributed by atoms with E-state index < -0.39 is 16.5 Å². The molecule has 2 aromatic carbocycles. The molecule has 0 spiro atoms. The van der Waals surface area contributed by atoms with E-state index in [0.717, 1.165) is 4.90 Å². The molecule has 3 amide bonds. The smallest absolute Gasteiger partial charge is 0.325 e. The van der Waals surface area contributed by atoms with E-state index in [2.05, 4.69) is 5.32 Å². The summed E-state index contributed by atoms with van der Waals surface area (Å²) >= 11 is 0. The number of nitrogens with zero attached hydrogens (tertiary/aromatic N) is 2. The van der Waals surface area contributed by atoms with Crippen LogP contribution >= 0.6 is 0 Å². The molecule has 0 aromatic heterocycles. The third-order valence-electron chi connectivity index (χ3n) is 4.24. The van der Waals surface area contributed by atoms with E-state index in [0.29, 0.717) is 11.3 Å². The van der Waals surface area contributed by atoms with Gasteiger partial charge in [-0.25, -0.2) is 4.79 Å². The van der Waals surface area contributed by atoms with E-state index in [4.69, 9.17) is 4.74 Å². The zero-order valence-corrected chi connectivity index (χ0v) is 14.0. The minimum atomic E-state index is -1.12. The van der Waals surface area contributed by atoms with Gasteiger partial charge in [0.15, 0.2) is 0 Å². The summed E-state index contributed by atoms with van der Waals surface area (Å²) in [6, 6.07) is 14.2. The van der Waals surface area contributed by atoms with E-state index >= 15 is 0 Å². The maximum Gasteiger partial charge on any atom is 0.325 e. The average Bonchev–Trinajstić information content (AvgIpc) is 2.86. The van der Waals surface area contributed by atoms with E-state index in [1.54, 1.807) is 37.3 Å². The lowest BCUT2D eigenvalue weighted by molar-refractivity contribution is -0.384. The highest BCUT2D eigenvalue weighted by Gasteiger charge is 2.48. The van der Waals surface area contributed by atoms with Crippen molar-refractivity contribution < 1.29 is 19.2 Å². The number of non-ortho nitro benzene ring substituents is 1. The number of carbonyl (C=O) groups is 2. The molecule has 2 aromatic rings. The second kappa shape index (κ2) is 6.83. The van der Waals surface area contributed by atoms with Crippen LogP contribution in [-0.4, -0.2) is 34.9 Å². The molecule has 3 rings (SSSR count). The Morgan fingerprint density at radius 3 is 2.58 bits per heavy atom. The molecule has 1 heterocycles. The number of carbonyl (C=O) groups excluding carboxylic acids is 2. The summed E-state index contributed by atoms with van der Waals surface area (Å²) < 4.78 is 5.45. The Morgan fingerprint density at radius 2 is 1.88 bits per heavy atom. The minimum Gasteiger partial charge on any atom is -0.491 e. The Morgan fingerprint density at radius 1 is 1.15 bits per heavy atom. The van der Waals surface area contributed by atoms with Gasteiger partial charge in [-0.1, -0.05) is 36.4 Å². The number of nitro benzene ring substituents is 1. The van der Waals surface area contributed by atoms with Crippen molar-refractivity contribution in [1.29, 1.82) is 0 Å². The number of nitro groups is 1. The van der Waals surface area contributed by atoms with Crippen LogP contribution in [0.1, 0.15) is 12.5 Å². The van der Waals surface area contributed by atoms with Gasteiger partial charge in [-0.3, -0.25) is 19.8 Å². The van der Waals surface area contributed by atoms with Crippen LogP contribution in [0.4, 0.5) is 10.5 Å². The average molecular weight is 355 g/mol. The molecule has 1 saturated heterocycles. The van der Waals surface area contributed by atoms with Gasteiger partial charge in [0.1, 0.15) is 17.9 Å². The van der Waals surface area contributed by atoms with Crippen molar-refractivity contribution in [3.05, 3.63) is 70.3 Å². The van der Waals surface area contributed by atoms with Crippen molar-refractivity contribution >= 4 is 17.6 Å². The number of urea groups is 1. The fourth-order valence-electron chi connectivity index (χ4n) is 2.81. The second-order valence-corrected chi connectivity index (χ2v) is 5.98. The van der Waals surface area contributed by atoms with Crippen molar-refractivity contribution in [2.75, 3.05) is 13.2 Å². The number of benzene rings is 2. The number of amides is 3. The molecule has 8 nitrogen and oxygen atoms in total. The summed E-state index contributed by atoms with van der Waals surface area (Å²) in [5.41, 5.74) is -0.515. The van der Waals surface area contributed by atoms with Crippen LogP contribution in [0, 0.1) is 10.1 Å². The molecular formula is C18H17N3O5. The third-order valence-corrected chi connectivity index (χ3v) is 4.24. The summed E-state index contributed by atoms with van der Waals surface area (Å²) in [5.74, 6) is -0.0617. The Bertz CT molecular complexity index is 855. The van der Waals surface area contributed by atoms with Gasteiger partial charge < -0.3 is 10.1 Å². The zero-order valence-electron chi connectivity index (χ0n) is 14.0. The van der Waals surface area contributed by atoms with Crippen molar-refractivity contribution in [2.24, 2.45) is 0 Å². The zero-order chi connectivity index (χ0) is 18.7. The molecular weight excluding hydrogens is 338 g/mol. The number of nitrogens with one attached hydrogen (secondary N) is 1. The Labute approximate surface area is 149 Å². The summed E-state index contributed by atoms with van der Waals surface area (Å²) in [7, 11) is 0. The molecule has 134 valence electrons. The lowest BCUT2D eigenvalue weighted by Gasteiger charge is -2.22. The highest BCUT2D eigenvalue weighted by atomic mass is 16.6. The molecule has 0 bridgehead atoms. The maximum atomic E-state index is 12.7. The van der Waals surface area contributed by atoms with Gasteiger partial charge in [-0.15, -0.1) is 0 Å². The minimum absolute atomic E-state index is 0.0329. The standard InChI is InChI=1S/C18H17N3O5/c1-18(13-6-3-2-4-7-13)16(22)20(17(23)19-18)10-11-26-15-9-5-8-14(12-15)21(24)25/h2-9,12H,10-11H2,1H3,(H,19,23)/t18-/m1/s1. The molecule has 0 unspecified atom stereocenters. The molecule has 1 atom stereocenters. The molecule has 0 aliphatic carbocycles. The fourth-order valence-corrected chi connectivity index (χ4v) is 2.81. The van der Waals surface area contributed by atoms with E-state index in [1.807, 2.05) is 6.07 Å². The van der Waals surface area contributed by atoms with E-state index in [9.17, 15) is 19.7 Å². The number of hydrogen-bond donors (Lipinski definition) is 1. The van der Waals surface area contributed by atoms with Gasteiger partial charge in [-0.05, 0) is 18.6 Å². The number of rotatable bonds is 6. The molecule has 8 heteroatoms. The van der Waals surface area contributed by atoms with Gasteiger partial charge in [0.2, 0.25) is 0 Å². The first-order valence-electron chi connectivity index (χ1n) is 7.99. The van der Waals surface area contributed by atoms with Crippen molar-refractivity contribution in [3.8, 4) is 5.75 Å². The van der Waals surface area contributed by atoms with Gasteiger partial charge in [0.25, 0.3) is 11.6 Å². The quantitative estimate of drug-likeness (QED) is 0.487. The predicted molar refractivity (Wildman–Crippen MR) is 92.6 cm³/mol. The van der Waals surface area contributed by atoms with Crippen LogP contribution < -0.4 is 10.1 Å². The van der Waals surface area contributed by atoms with Crippen LogP contribution in [0.3, 0.4) is 0 Å². The summed E-state index contributed by atoms with van der Waals surface area (Å²) in [6.45, 7) is 1.73. The van der Waals surface area contributed by atoms with Crippen LogP contribution in [0.5, 0.6) is 5.75 Å². The van der Waals surface area contributed by atoms with Crippen molar-refractivity contribution in [2.45, 2.75) is 12.5 Å².